The number of benzene rings is 3. The summed E-state index contributed by atoms with van der Waals surface area (Å²) in [4.78, 5) is 50.7. The summed E-state index contributed by atoms with van der Waals surface area (Å²) in [6.07, 6.45) is 1.52. The molecule has 3 amide bonds. The molecule has 0 radical (unpaired) electrons. The van der Waals surface area contributed by atoms with Crippen molar-refractivity contribution in [2.45, 2.75) is 40.7 Å². The largest absolute Gasteiger partial charge is 0.478 e. The molecule has 2 aliphatic heterocycles. The summed E-state index contributed by atoms with van der Waals surface area (Å²) in [5.41, 5.74) is 9.62. The minimum atomic E-state index is -5.17. The minimum Gasteiger partial charge on any atom is -0.478 e. The average molecular weight is 775 g/mol. The summed E-state index contributed by atoms with van der Waals surface area (Å²) in [7, 11) is -10.3. The van der Waals surface area contributed by atoms with Gasteiger partial charge in [-0.2, -0.15) is 16.8 Å². The summed E-state index contributed by atoms with van der Waals surface area (Å²) in [6, 6.07) is 8.63. The summed E-state index contributed by atoms with van der Waals surface area (Å²) in [5.74, 6) is -3.55. The maximum absolute atomic E-state index is 13.8. The molecular formula is C33H34N4O12S3. The number of anilines is 1. The second-order valence-corrected chi connectivity index (χ2v) is 15.8. The topological polar surface area (TPSA) is 274 Å². The number of hydrogen-bond donors (Lipinski definition) is 6. The molecule has 1 unspecified atom stereocenters. The second kappa shape index (κ2) is 15.1. The lowest BCUT2D eigenvalue weighted by molar-refractivity contribution is -0.138. The maximum Gasteiger partial charge on any atom is 0.336 e. The summed E-state index contributed by atoms with van der Waals surface area (Å²) >= 11 is 1.35. The van der Waals surface area contributed by atoms with Gasteiger partial charge >= 0.3 is 5.97 Å². The lowest BCUT2D eigenvalue weighted by atomic mass is 9.86. The highest BCUT2D eigenvalue weighted by molar-refractivity contribution is 8.00. The summed E-state index contributed by atoms with van der Waals surface area (Å²) < 4.78 is 76.2. The van der Waals surface area contributed by atoms with Crippen LogP contribution in [0.2, 0.25) is 0 Å². The van der Waals surface area contributed by atoms with E-state index in [1.165, 1.54) is 53.1 Å². The Bertz CT molecular complexity index is 2350. The maximum atomic E-state index is 13.8. The van der Waals surface area contributed by atoms with Crippen LogP contribution in [-0.4, -0.2) is 90.3 Å². The fourth-order valence-electron chi connectivity index (χ4n) is 6.13. The molecule has 2 heterocycles. The molecule has 3 aromatic rings. The Hall–Kier alpha value is -4.79. The van der Waals surface area contributed by atoms with Crippen molar-refractivity contribution in [3.63, 3.8) is 0 Å². The molecule has 0 aliphatic carbocycles. The fourth-order valence-corrected chi connectivity index (χ4v) is 8.62. The number of nitrogens with zero attached hydrogens (tertiary/aromatic N) is 1. The van der Waals surface area contributed by atoms with Crippen molar-refractivity contribution in [1.82, 2.24) is 10.2 Å². The zero-order valence-corrected chi connectivity index (χ0v) is 29.8. The third kappa shape index (κ3) is 7.55. The molecule has 3 aromatic carbocycles. The van der Waals surface area contributed by atoms with Crippen LogP contribution in [0.5, 0.6) is 11.5 Å². The van der Waals surface area contributed by atoms with Crippen LogP contribution in [-0.2, 0) is 29.8 Å². The Labute approximate surface area is 302 Å². The molecule has 0 aromatic heterocycles. The first kappa shape index (κ1) is 38.4. The van der Waals surface area contributed by atoms with Crippen molar-refractivity contribution in [1.29, 1.82) is 0 Å². The molecule has 52 heavy (non-hydrogen) atoms. The Kier molecular flexibility index (Phi) is 11.1. The van der Waals surface area contributed by atoms with Crippen LogP contribution in [0.15, 0.2) is 52.3 Å². The van der Waals surface area contributed by atoms with E-state index in [1.807, 2.05) is 0 Å². The van der Waals surface area contributed by atoms with Crippen LogP contribution in [0.4, 0.5) is 5.69 Å². The van der Waals surface area contributed by atoms with Crippen molar-refractivity contribution in [3.8, 4) is 11.5 Å². The minimum absolute atomic E-state index is 0.0965. The van der Waals surface area contributed by atoms with E-state index in [4.69, 9.17) is 16.2 Å². The monoisotopic (exact) mass is 774 g/mol. The predicted octanol–water partition coefficient (Wildman–Crippen LogP) is 0.943. The van der Waals surface area contributed by atoms with Crippen molar-refractivity contribution in [3.05, 3.63) is 75.2 Å². The quantitative estimate of drug-likeness (QED) is 0.0450. The van der Waals surface area contributed by atoms with E-state index >= 15 is 0 Å². The number of ether oxygens (including phenoxy) is 1. The number of thioether (sulfide) groups is 1. The molecule has 19 heteroatoms. The van der Waals surface area contributed by atoms with Gasteiger partial charge in [-0.25, -0.2) is 4.79 Å². The van der Waals surface area contributed by atoms with Crippen LogP contribution in [0, 0.1) is 0 Å². The van der Waals surface area contributed by atoms with Gasteiger partial charge in [0, 0.05) is 59.3 Å². The zero-order valence-electron chi connectivity index (χ0n) is 27.3. The van der Waals surface area contributed by atoms with Crippen LogP contribution in [0.25, 0.3) is 12.2 Å². The Morgan fingerprint density at radius 2 is 1.65 bits per heavy atom. The number of carbonyl (C=O) groups excluding carboxylic acids is 3. The van der Waals surface area contributed by atoms with E-state index in [9.17, 15) is 50.2 Å². The number of nitrogens with one attached hydrogen (secondary N) is 1. The molecule has 1 atom stereocenters. The molecule has 8 N–H and O–H groups in total. The molecule has 0 saturated carbocycles. The van der Waals surface area contributed by atoms with Crippen molar-refractivity contribution in [2.24, 2.45) is 5.73 Å². The predicted molar refractivity (Wildman–Crippen MR) is 190 cm³/mol. The number of nitrogens with two attached hydrogens (primary N) is 2. The van der Waals surface area contributed by atoms with Crippen LogP contribution < -0.4 is 32.0 Å². The molecule has 2 aliphatic rings. The van der Waals surface area contributed by atoms with Gasteiger partial charge in [0.1, 0.15) is 4.90 Å². The zero-order chi connectivity index (χ0) is 38.1. The van der Waals surface area contributed by atoms with Gasteiger partial charge in [-0.3, -0.25) is 28.4 Å². The fraction of sp³-hybridized carbons (Fsp3) is 0.273. The van der Waals surface area contributed by atoms with E-state index in [-0.39, 0.29) is 64.0 Å². The number of nitrogen functional groups attached to an aromatic ring is 1. The van der Waals surface area contributed by atoms with Gasteiger partial charge in [0.15, 0.2) is 16.4 Å². The van der Waals surface area contributed by atoms with Gasteiger partial charge in [0.05, 0.1) is 16.5 Å². The first-order valence-corrected chi connectivity index (χ1v) is 19.6. The Morgan fingerprint density at radius 3 is 2.31 bits per heavy atom. The third-order valence-electron chi connectivity index (χ3n) is 8.37. The highest BCUT2D eigenvalue weighted by Gasteiger charge is 2.38. The van der Waals surface area contributed by atoms with E-state index in [2.05, 4.69) is 11.9 Å². The van der Waals surface area contributed by atoms with Crippen LogP contribution in [0.1, 0.15) is 57.5 Å². The van der Waals surface area contributed by atoms with Crippen LogP contribution in [0.3, 0.4) is 0 Å². The number of aromatic carboxylic acids is 1. The van der Waals surface area contributed by atoms with Gasteiger partial charge in [-0.1, -0.05) is 18.7 Å². The molecule has 0 bridgehead atoms. The molecule has 5 rings (SSSR count). The number of unbranched alkanes of at least 4 members (excludes halogenated alkanes) is 2. The summed E-state index contributed by atoms with van der Waals surface area (Å²) in [5, 5.41) is 12.1. The van der Waals surface area contributed by atoms with Gasteiger partial charge < -0.3 is 26.6 Å². The van der Waals surface area contributed by atoms with E-state index in [0.29, 0.717) is 31.6 Å². The lowest BCUT2D eigenvalue weighted by Gasteiger charge is -2.26. The van der Waals surface area contributed by atoms with E-state index in [1.54, 1.807) is 0 Å². The van der Waals surface area contributed by atoms with Crippen LogP contribution >= 0.6 is 11.8 Å². The number of amides is 3. The average Bonchev–Trinajstić information content (AvgIpc) is 3.33. The SMILES string of the molecule is C=c1ccc2c(c1S(=O)(=O)O)Oc1c(ccc(N)c1S(=O)(=O)O)C=2c1c(C(=O)O)cccc1C(=O)NCCCCCN1C(=O)CC(SCCN)C1=O. The van der Waals surface area contributed by atoms with Gasteiger partial charge in [-0.15, -0.1) is 11.8 Å². The third-order valence-corrected chi connectivity index (χ3v) is 11.5. The van der Waals surface area contributed by atoms with Gasteiger partial charge in [0.25, 0.3) is 26.1 Å². The lowest BCUT2D eigenvalue weighted by Crippen LogP contribution is -2.32. The number of imide groups is 1. The van der Waals surface area contributed by atoms with E-state index in [0.717, 1.165) is 6.07 Å². The number of hydrogen-bond acceptors (Lipinski definition) is 12. The smallest absolute Gasteiger partial charge is 0.336 e. The molecule has 16 nitrogen and oxygen atoms in total. The Morgan fingerprint density at radius 1 is 0.962 bits per heavy atom. The summed E-state index contributed by atoms with van der Waals surface area (Å²) in [6.45, 7) is 4.31. The van der Waals surface area contributed by atoms with Crippen molar-refractivity contribution in [2.75, 3.05) is 31.1 Å². The molecular weight excluding hydrogens is 741 g/mol. The first-order valence-electron chi connectivity index (χ1n) is 15.7. The highest BCUT2D eigenvalue weighted by atomic mass is 32.2. The number of rotatable bonds is 14. The van der Waals surface area contributed by atoms with Gasteiger partial charge in [0.2, 0.25) is 11.8 Å². The number of likely N-dealkylation sites (tertiary alicyclic amines) is 1. The standard InChI is InChI=1S/C33H34N4O12S3/c1-17-8-9-18-25(19-10-11-22(35)30(52(46,47)48)28(19)49-27(18)29(17)51(43,44)45)26-20(6-5-7-21(26)33(41)42)31(39)36-13-3-2-4-14-37-24(38)16-23(32(37)40)50-15-12-34/h5-11,23H,1-4,12-16,34-35H2,(H,36,39)(H,41,42)(H,43,44,45)(H,46,47,48). The number of carboxylic acid groups (broad SMARTS) is 1. The van der Waals surface area contributed by atoms with Crippen molar-refractivity contribution >= 4 is 73.5 Å². The molecule has 1 saturated heterocycles. The molecule has 1 fully saturated rings. The van der Waals surface area contributed by atoms with E-state index < -0.39 is 69.9 Å². The van der Waals surface area contributed by atoms with Gasteiger partial charge in [-0.05, 0) is 54.8 Å². The number of carbonyl (C=O) groups is 4. The first-order chi connectivity index (χ1) is 24.5. The van der Waals surface area contributed by atoms with Crippen molar-refractivity contribution < 1.29 is 55.0 Å². The number of fused-ring (bicyclic) bond motifs is 2. The highest BCUT2D eigenvalue weighted by Crippen LogP contribution is 2.45. The normalized spacial score (nSPS) is 15.6. The molecule has 276 valence electrons. The second-order valence-electron chi connectivity index (χ2n) is 11.8. The Balaban J connectivity index is 1.52. The molecule has 0 spiro atoms. The number of carboxylic acids is 1.